The number of fused-ring (bicyclic) bond motifs is 1. The number of nitrogens with one attached hydrogen (secondary N) is 2. The first-order valence-corrected chi connectivity index (χ1v) is 10.3. The lowest BCUT2D eigenvalue weighted by molar-refractivity contribution is -0.116. The molecular weight excluding hydrogens is 372 g/mol. The Kier molecular flexibility index (Phi) is 4.55. The summed E-state index contributed by atoms with van der Waals surface area (Å²) in [5.41, 5.74) is 7.04. The summed E-state index contributed by atoms with van der Waals surface area (Å²) in [6, 6.07) is 23.4. The third-order valence-corrected chi connectivity index (χ3v) is 6.05. The van der Waals surface area contributed by atoms with Crippen LogP contribution in [0, 0.1) is 6.92 Å². The zero-order valence-corrected chi connectivity index (χ0v) is 16.9. The Morgan fingerprint density at radius 3 is 2.40 bits per heavy atom. The third kappa shape index (κ3) is 3.35. The first kappa shape index (κ1) is 18.5. The van der Waals surface area contributed by atoms with Gasteiger partial charge >= 0.3 is 0 Å². The molecule has 5 rings (SSSR count). The molecule has 1 aliphatic carbocycles. The monoisotopic (exact) mass is 396 g/mol. The van der Waals surface area contributed by atoms with Crippen molar-refractivity contribution in [2.75, 3.05) is 10.6 Å². The summed E-state index contributed by atoms with van der Waals surface area (Å²) in [4.78, 5) is 13.4. The Morgan fingerprint density at radius 1 is 0.867 bits per heavy atom. The fraction of sp³-hybridized carbons (Fsp3) is 0.192. The van der Waals surface area contributed by atoms with Crippen LogP contribution in [0.15, 0.2) is 84.1 Å². The molecule has 3 aromatic carbocycles. The number of rotatable bonds is 2. The predicted octanol–water partition coefficient (Wildman–Crippen LogP) is 5.68. The molecule has 0 saturated heterocycles. The second-order valence-corrected chi connectivity index (χ2v) is 8.17. The van der Waals surface area contributed by atoms with Crippen molar-refractivity contribution < 1.29 is 9.90 Å². The molecule has 1 aliphatic heterocycles. The van der Waals surface area contributed by atoms with Gasteiger partial charge in [-0.05, 0) is 60.2 Å². The maximum absolute atomic E-state index is 13.4. The van der Waals surface area contributed by atoms with Gasteiger partial charge in [-0.1, -0.05) is 48.5 Å². The molecule has 4 heteroatoms. The number of carbonyl (C=O) groups excluding carboxylic acids is 1. The van der Waals surface area contributed by atoms with E-state index in [2.05, 4.69) is 47.9 Å². The fourth-order valence-electron chi connectivity index (χ4n) is 4.54. The van der Waals surface area contributed by atoms with Gasteiger partial charge in [-0.25, -0.2) is 0 Å². The van der Waals surface area contributed by atoms with Gasteiger partial charge in [-0.2, -0.15) is 0 Å². The molecule has 4 nitrogen and oxygen atoms in total. The number of aryl methyl sites for hydroxylation is 1. The van der Waals surface area contributed by atoms with Gasteiger partial charge in [0.15, 0.2) is 5.78 Å². The second-order valence-electron chi connectivity index (χ2n) is 8.17. The van der Waals surface area contributed by atoms with Crippen LogP contribution in [0.25, 0.3) is 0 Å². The number of ketones is 1. The van der Waals surface area contributed by atoms with Crippen LogP contribution in [-0.2, 0) is 4.79 Å². The van der Waals surface area contributed by atoms with E-state index in [0.717, 1.165) is 40.2 Å². The molecule has 0 amide bonds. The van der Waals surface area contributed by atoms with E-state index in [4.69, 9.17) is 0 Å². The highest BCUT2D eigenvalue weighted by Gasteiger charge is 2.36. The molecular formula is C26H24N2O2. The fourth-order valence-corrected chi connectivity index (χ4v) is 4.54. The number of Topliss-reactive ketones (excluding diaryl/α,β-unsaturated/α-hetero) is 1. The summed E-state index contributed by atoms with van der Waals surface area (Å²) in [6.07, 6.45) is 1.28. The van der Waals surface area contributed by atoms with Crippen LogP contribution in [0.2, 0.25) is 0 Å². The summed E-state index contributed by atoms with van der Waals surface area (Å²) in [7, 11) is 0. The molecule has 0 saturated carbocycles. The summed E-state index contributed by atoms with van der Waals surface area (Å²) in [5.74, 6) is 0.542. The Hall–Kier alpha value is -3.53. The molecule has 150 valence electrons. The van der Waals surface area contributed by atoms with Crippen molar-refractivity contribution >= 4 is 17.2 Å². The Balaban J connectivity index is 1.62. The second kappa shape index (κ2) is 7.38. The number of phenolic OH excluding ortho intramolecular Hbond substituents is 1. The lowest BCUT2D eigenvalue weighted by atomic mass is 9.78. The highest BCUT2D eigenvalue weighted by molar-refractivity contribution is 6.01. The van der Waals surface area contributed by atoms with Crippen molar-refractivity contribution in [2.24, 2.45) is 0 Å². The lowest BCUT2D eigenvalue weighted by Crippen LogP contribution is -2.26. The number of hydrogen-bond acceptors (Lipinski definition) is 4. The van der Waals surface area contributed by atoms with Crippen molar-refractivity contribution in [3.8, 4) is 5.75 Å². The lowest BCUT2D eigenvalue weighted by Gasteiger charge is -2.30. The van der Waals surface area contributed by atoms with Crippen molar-refractivity contribution in [1.82, 2.24) is 0 Å². The van der Waals surface area contributed by atoms with Gasteiger partial charge in [0, 0.05) is 17.7 Å². The van der Waals surface area contributed by atoms with E-state index in [1.165, 1.54) is 5.56 Å². The number of allylic oxidation sites excluding steroid dienone is 1. The number of anilines is 2. The molecule has 0 fully saturated rings. The zero-order chi connectivity index (χ0) is 20.7. The van der Waals surface area contributed by atoms with Crippen LogP contribution in [0.5, 0.6) is 5.75 Å². The summed E-state index contributed by atoms with van der Waals surface area (Å²) < 4.78 is 0. The quantitative estimate of drug-likeness (QED) is 0.521. The highest BCUT2D eigenvalue weighted by atomic mass is 16.3. The molecule has 3 aromatic rings. The summed E-state index contributed by atoms with van der Waals surface area (Å²) in [6.45, 7) is 2.06. The minimum absolute atomic E-state index is 0.160. The van der Waals surface area contributed by atoms with E-state index in [9.17, 15) is 9.90 Å². The van der Waals surface area contributed by atoms with Gasteiger partial charge in [0.1, 0.15) is 5.75 Å². The van der Waals surface area contributed by atoms with Crippen LogP contribution in [0.3, 0.4) is 0 Å². The minimum atomic E-state index is -0.264. The van der Waals surface area contributed by atoms with Crippen molar-refractivity contribution in [1.29, 1.82) is 0 Å². The van der Waals surface area contributed by atoms with E-state index < -0.39 is 0 Å². The van der Waals surface area contributed by atoms with Crippen LogP contribution in [-0.4, -0.2) is 10.9 Å². The number of aromatic hydroxyl groups is 1. The smallest absolute Gasteiger partial charge is 0.163 e. The normalized spacial score (nSPS) is 20.5. The maximum atomic E-state index is 13.4. The van der Waals surface area contributed by atoms with Crippen LogP contribution in [0.1, 0.15) is 41.5 Å². The molecule has 1 heterocycles. The Morgan fingerprint density at radius 2 is 1.63 bits per heavy atom. The Bertz CT molecular complexity index is 1130. The molecule has 0 unspecified atom stereocenters. The summed E-state index contributed by atoms with van der Waals surface area (Å²) in [5, 5.41) is 16.9. The topological polar surface area (TPSA) is 61.4 Å². The number of benzene rings is 3. The molecule has 3 N–H and O–H groups in total. The van der Waals surface area contributed by atoms with Gasteiger partial charge in [-0.15, -0.1) is 0 Å². The van der Waals surface area contributed by atoms with Gasteiger partial charge in [-0.3, -0.25) is 4.79 Å². The predicted molar refractivity (Wildman–Crippen MR) is 120 cm³/mol. The average Bonchev–Trinajstić information content (AvgIpc) is 2.91. The van der Waals surface area contributed by atoms with Gasteiger partial charge in [0.25, 0.3) is 0 Å². The number of hydrogen-bond donors (Lipinski definition) is 3. The SMILES string of the molecule is Cc1ccc2c(c1)N[C@H](c1ccc(O)cc1)C1=C(C[C@H](c3ccccc3)CC1=O)N2. The van der Waals surface area contributed by atoms with Crippen molar-refractivity contribution in [3.05, 3.63) is 101 Å². The van der Waals surface area contributed by atoms with E-state index in [1.54, 1.807) is 12.1 Å². The molecule has 2 atom stereocenters. The molecule has 0 radical (unpaired) electrons. The van der Waals surface area contributed by atoms with Crippen molar-refractivity contribution in [2.45, 2.75) is 31.7 Å². The molecule has 0 bridgehead atoms. The molecule has 0 spiro atoms. The van der Waals surface area contributed by atoms with E-state index in [1.807, 2.05) is 30.3 Å². The van der Waals surface area contributed by atoms with Gasteiger partial charge in [0.05, 0.1) is 17.4 Å². The van der Waals surface area contributed by atoms with Gasteiger partial charge in [0.2, 0.25) is 0 Å². The van der Waals surface area contributed by atoms with Crippen LogP contribution in [0.4, 0.5) is 11.4 Å². The van der Waals surface area contributed by atoms with E-state index >= 15 is 0 Å². The van der Waals surface area contributed by atoms with E-state index in [-0.39, 0.29) is 23.5 Å². The molecule has 0 aromatic heterocycles. The van der Waals surface area contributed by atoms with Crippen LogP contribution >= 0.6 is 0 Å². The maximum Gasteiger partial charge on any atom is 0.163 e. The van der Waals surface area contributed by atoms with E-state index in [0.29, 0.717) is 6.42 Å². The van der Waals surface area contributed by atoms with Crippen molar-refractivity contribution in [3.63, 3.8) is 0 Å². The van der Waals surface area contributed by atoms with Gasteiger partial charge < -0.3 is 15.7 Å². The number of phenols is 1. The standard InChI is InChI=1S/C26H24N2O2/c1-16-7-12-21-22(13-16)28-26(18-8-10-20(29)11-9-18)25-23(27-21)14-19(15-24(25)30)17-5-3-2-4-6-17/h2-13,19,26-29H,14-15H2,1H3/t19-,26+/m0/s1. The highest BCUT2D eigenvalue weighted by Crippen LogP contribution is 2.44. The largest absolute Gasteiger partial charge is 0.508 e. The first-order valence-electron chi connectivity index (χ1n) is 10.3. The molecule has 30 heavy (non-hydrogen) atoms. The third-order valence-electron chi connectivity index (χ3n) is 6.05. The molecule has 2 aliphatic rings. The Labute approximate surface area is 176 Å². The average molecular weight is 396 g/mol. The first-order chi connectivity index (χ1) is 14.6. The minimum Gasteiger partial charge on any atom is -0.508 e. The zero-order valence-electron chi connectivity index (χ0n) is 16.9. The summed E-state index contributed by atoms with van der Waals surface area (Å²) >= 11 is 0. The number of carbonyl (C=O) groups is 1. The van der Waals surface area contributed by atoms with Crippen LogP contribution < -0.4 is 10.6 Å².